The first-order valence-corrected chi connectivity index (χ1v) is 5.47. The summed E-state index contributed by atoms with van der Waals surface area (Å²) in [6, 6.07) is 9.86. The Hall–Kier alpha value is -1.81. The highest BCUT2D eigenvalue weighted by Crippen LogP contribution is 2.36. The highest BCUT2D eigenvalue weighted by Gasteiger charge is 2.38. The molecule has 1 aromatic carbocycles. The molecule has 0 fully saturated rings. The van der Waals surface area contributed by atoms with Gasteiger partial charge in [-0.15, -0.1) is 12.3 Å². The zero-order valence-corrected chi connectivity index (χ0v) is 9.15. The maximum atomic E-state index is 12.2. The number of rotatable bonds is 2. The van der Waals surface area contributed by atoms with E-state index in [9.17, 15) is 4.79 Å². The van der Waals surface area contributed by atoms with Gasteiger partial charge in [0.25, 0.3) is 0 Å². The van der Waals surface area contributed by atoms with Gasteiger partial charge in [0.2, 0.25) is 0 Å². The number of allylic oxidation sites excluding steroid dienone is 2. The molecule has 1 heteroatoms. The third-order valence-corrected chi connectivity index (χ3v) is 3.20. The fraction of sp³-hybridized carbons (Fsp3) is 0.267. The van der Waals surface area contributed by atoms with Crippen LogP contribution in [0.4, 0.5) is 0 Å². The van der Waals surface area contributed by atoms with E-state index < -0.39 is 5.41 Å². The van der Waals surface area contributed by atoms with Crippen LogP contribution in [-0.4, -0.2) is 5.78 Å². The van der Waals surface area contributed by atoms with Crippen LogP contribution in [0, 0.1) is 12.3 Å². The topological polar surface area (TPSA) is 17.1 Å². The van der Waals surface area contributed by atoms with E-state index in [1.165, 1.54) is 0 Å². The minimum absolute atomic E-state index is 0.235. The Bertz CT molecular complexity index is 450. The molecule has 1 nitrogen and oxygen atoms in total. The van der Waals surface area contributed by atoms with Crippen LogP contribution < -0.4 is 0 Å². The molecule has 1 unspecified atom stereocenters. The highest BCUT2D eigenvalue weighted by atomic mass is 16.1. The third-order valence-electron chi connectivity index (χ3n) is 3.20. The molecule has 0 spiro atoms. The molecule has 0 heterocycles. The monoisotopic (exact) mass is 210 g/mol. The van der Waals surface area contributed by atoms with E-state index in [-0.39, 0.29) is 5.78 Å². The molecule has 0 saturated heterocycles. The summed E-state index contributed by atoms with van der Waals surface area (Å²) in [7, 11) is 0. The van der Waals surface area contributed by atoms with Crippen LogP contribution in [0.5, 0.6) is 0 Å². The molecule has 1 aliphatic rings. The van der Waals surface area contributed by atoms with Crippen LogP contribution in [0.3, 0.4) is 0 Å². The summed E-state index contributed by atoms with van der Waals surface area (Å²) in [5.41, 5.74) is 0.562. The van der Waals surface area contributed by atoms with Crippen molar-refractivity contribution in [3.63, 3.8) is 0 Å². The van der Waals surface area contributed by atoms with Gasteiger partial charge in [0.15, 0.2) is 0 Å². The van der Waals surface area contributed by atoms with Crippen molar-refractivity contribution in [1.29, 1.82) is 0 Å². The summed E-state index contributed by atoms with van der Waals surface area (Å²) >= 11 is 0. The minimum atomic E-state index is -0.481. The van der Waals surface area contributed by atoms with Crippen LogP contribution in [-0.2, 0) is 10.2 Å². The minimum Gasteiger partial charge on any atom is -0.298 e. The number of Topliss-reactive ketones (excluding diaryl/α,β-unsaturated/α-hetero) is 1. The molecule has 0 N–H and O–H groups in total. The van der Waals surface area contributed by atoms with Gasteiger partial charge in [0.05, 0.1) is 5.41 Å². The summed E-state index contributed by atoms with van der Waals surface area (Å²) < 4.78 is 0. The van der Waals surface area contributed by atoms with Gasteiger partial charge < -0.3 is 0 Å². The van der Waals surface area contributed by atoms with Crippen molar-refractivity contribution in [2.45, 2.75) is 24.7 Å². The fourth-order valence-electron chi connectivity index (χ4n) is 2.27. The lowest BCUT2D eigenvalue weighted by atomic mass is 9.69. The van der Waals surface area contributed by atoms with Crippen molar-refractivity contribution >= 4 is 5.78 Å². The zero-order valence-electron chi connectivity index (χ0n) is 9.15. The maximum Gasteiger partial charge on any atom is 0.148 e. The highest BCUT2D eigenvalue weighted by molar-refractivity contribution is 5.92. The Balaban J connectivity index is 2.48. The van der Waals surface area contributed by atoms with Gasteiger partial charge in [-0.2, -0.15) is 0 Å². The van der Waals surface area contributed by atoms with Crippen molar-refractivity contribution in [2.24, 2.45) is 0 Å². The molecular weight excluding hydrogens is 196 g/mol. The van der Waals surface area contributed by atoms with Gasteiger partial charge in [0.1, 0.15) is 5.78 Å². The number of ketones is 1. The van der Waals surface area contributed by atoms with Crippen molar-refractivity contribution < 1.29 is 4.79 Å². The number of hydrogen-bond acceptors (Lipinski definition) is 1. The van der Waals surface area contributed by atoms with E-state index >= 15 is 0 Å². The first-order valence-electron chi connectivity index (χ1n) is 5.47. The van der Waals surface area contributed by atoms with Crippen LogP contribution >= 0.6 is 0 Å². The fourth-order valence-corrected chi connectivity index (χ4v) is 2.27. The zero-order chi connectivity index (χ0) is 11.4. The SMILES string of the molecule is C#CCC1(c2ccccc2)CC=CCC1=O. The second-order valence-corrected chi connectivity index (χ2v) is 4.13. The number of benzene rings is 1. The molecule has 0 amide bonds. The molecule has 1 atom stereocenters. The van der Waals surface area contributed by atoms with Crippen molar-refractivity contribution in [3.05, 3.63) is 48.0 Å². The number of hydrogen-bond donors (Lipinski definition) is 0. The molecule has 1 aliphatic carbocycles. The summed E-state index contributed by atoms with van der Waals surface area (Å²) in [5, 5.41) is 0. The molecule has 0 aromatic heterocycles. The van der Waals surface area contributed by atoms with E-state index in [4.69, 9.17) is 6.42 Å². The molecule has 1 aromatic rings. The summed E-state index contributed by atoms with van der Waals surface area (Å²) in [5.74, 6) is 2.89. The number of carbonyl (C=O) groups excluding carboxylic acids is 1. The van der Waals surface area contributed by atoms with Crippen molar-refractivity contribution in [2.75, 3.05) is 0 Å². The average molecular weight is 210 g/mol. The molecule has 0 radical (unpaired) electrons. The molecule has 80 valence electrons. The second kappa shape index (κ2) is 4.37. The predicted octanol–water partition coefficient (Wildman–Crippen LogP) is 2.87. The molecular formula is C15H14O. The van der Waals surface area contributed by atoms with Crippen LogP contribution in [0.15, 0.2) is 42.5 Å². The Morgan fingerprint density at radius 2 is 2.00 bits per heavy atom. The summed E-state index contributed by atoms with van der Waals surface area (Å²) in [6.45, 7) is 0. The molecule has 2 rings (SSSR count). The van der Waals surface area contributed by atoms with Crippen LogP contribution in [0.1, 0.15) is 24.8 Å². The lowest BCUT2D eigenvalue weighted by Gasteiger charge is -2.32. The molecule has 0 bridgehead atoms. The Morgan fingerprint density at radius 1 is 1.25 bits per heavy atom. The van der Waals surface area contributed by atoms with E-state index in [1.54, 1.807) is 0 Å². The van der Waals surface area contributed by atoms with Gasteiger partial charge in [-0.1, -0.05) is 42.5 Å². The lowest BCUT2D eigenvalue weighted by Crippen LogP contribution is -2.36. The first kappa shape index (κ1) is 10.7. The van der Waals surface area contributed by atoms with Crippen molar-refractivity contribution in [3.8, 4) is 12.3 Å². The lowest BCUT2D eigenvalue weighted by molar-refractivity contribution is -0.124. The smallest absolute Gasteiger partial charge is 0.148 e. The van der Waals surface area contributed by atoms with Gasteiger partial charge in [-0.05, 0) is 12.0 Å². The van der Waals surface area contributed by atoms with Gasteiger partial charge in [-0.3, -0.25) is 4.79 Å². The van der Waals surface area contributed by atoms with E-state index in [2.05, 4.69) is 12.0 Å². The van der Waals surface area contributed by atoms with E-state index in [0.29, 0.717) is 12.8 Å². The van der Waals surface area contributed by atoms with Crippen molar-refractivity contribution in [1.82, 2.24) is 0 Å². The number of terminal acetylenes is 1. The van der Waals surface area contributed by atoms with Crippen LogP contribution in [0.25, 0.3) is 0 Å². The van der Waals surface area contributed by atoms with Gasteiger partial charge in [-0.25, -0.2) is 0 Å². The second-order valence-electron chi connectivity index (χ2n) is 4.13. The quantitative estimate of drug-likeness (QED) is 0.542. The van der Waals surface area contributed by atoms with Gasteiger partial charge >= 0.3 is 0 Å². The normalized spacial score (nSPS) is 24.1. The maximum absolute atomic E-state index is 12.2. The number of carbonyl (C=O) groups is 1. The third kappa shape index (κ3) is 1.67. The summed E-state index contributed by atoms with van der Waals surface area (Å²) in [6.07, 6.45) is 11.1. The Labute approximate surface area is 96.2 Å². The molecule has 16 heavy (non-hydrogen) atoms. The van der Waals surface area contributed by atoms with E-state index in [0.717, 1.165) is 12.0 Å². The standard InChI is InChI=1S/C15H14O/c1-2-11-15(12-7-6-10-14(15)16)13-8-4-3-5-9-13/h1,3-9H,10-12H2. The van der Waals surface area contributed by atoms with E-state index in [1.807, 2.05) is 36.4 Å². The largest absolute Gasteiger partial charge is 0.298 e. The summed E-state index contributed by atoms with van der Waals surface area (Å²) in [4.78, 5) is 12.2. The van der Waals surface area contributed by atoms with Crippen LogP contribution in [0.2, 0.25) is 0 Å². The Kier molecular flexibility index (Phi) is 2.92. The average Bonchev–Trinajstić information content (AvgIpc) is 2.34. The molecule has 0 saturated carbocycles. The predicted molar refractivity (Wildman–Crippen MR) is 65.0 cm³/mol. The molecule has 0 aliphatic heterocycles. The Morgan fingerprint density at radius 3 is 2.62 bits per heavy atom. The first-order chi connectivity index (χ1) is 7.79. The van der Waals surface area contributed by atoms with Gasteiger partial charge in [0, 0.05) is 12.8 Å².